The number of amides is 1. The number of nitriles is 1. The third-order valence-corrected chi connectivity index (χ3v) is 8.00. The highest BCUT2D eigenvalue weighted by molar-refractivity contribution is 6.30. The fourth-order valence-electron chi connectivity index (χ4n) is 5.48. The quantitative estimate of drug-likeness (QED) is 0.417. The van der Waals surface area contributed by atoms with E-state index in [1.165, 1.54) is 12.3 Å². The molecular weight excluding hydrogens is 524 g/mol. The number of benzene rings is 1. The smallest absolute Gasteiger partial charge is 0.243 e. The molecule has 0 aliphatic carbocycles. The summed E-state index contributed by atoms with van der Waals surface area (Å²) in [6.45, 7) is 2.08. The van der Waals surface area contributed by atoms with Crippen LogP contribution in [0.25, 0.3) is 0 Å². The average molecular weight is 552 g/mol. The SMILES string of the molecule is N#CC1(C(=O)N2CCC(COc3ccc(Cl)cn3)C(c3ccc(F)c(F)c3)C2)CCN(c2ccccn2)CC1. The molecule has 0 saturated carbocycles. The van der Waals surface area contributed by atoms with E-state index in [4.69, 9.17) is 16.3 Å². The molecule has 1 aromatic carbocycles. The second-order valence-corrected chi connectivity index (χ2v) is 10.5. The largest absolute Gasteiger partial charge is 0.477 e. The Morgan fingerprint density at radius 3 is 2.59 bits per heavy atom. The van der Waals surface area contributed by atoms with Gasteiger partial charge >= 0.3 is 0 Å². The zero-order chi connectivity index (χ0) is 27.4. The standard InChI is InChI=1S/C29H28ClF2N5O2/c30-22-5-7-27(35-16-22)39-18-21-8-12-37(17-23(21)20-4-6-24(31)25(32)15-20)28(38)29(19-33)9-13-36(14-10-29)26-3-1-2-11-34-26/h1-7,11,15-16,21,23H,8-10,12-14,17-18H2. The van der Waals surface area contributed by atoms with Gasteiger partial charge in [0.1, 0.15) is 11.2 Å². The Bertz CT molecular complexity index is 1340. The summed E-state index contributed by atoms with van der Waals surface area (Å²) in [4.78, 5) is 26.2. The van der Waals surface area contributed by atoms with Crippen molar-refractivity contribution in [3.63, 3.8) is 0 Å². The maximum absolute atomic E-state index is 14.2. The van der Waals surface area contributed by atoms with Crippen molar-refractivity contribution in [3.05, 3.63) is 83.1 Å². The first-order chi connectivity index (χ1) is 18.9. The Balaban J connectivity index is 1.32. The predicted octanol–water partition coefficient (Wildman–Crippen LogP) is 5.23. The van der Waals surface area contributed by atoms with Gasteiger partial charge in [-0.2, -0.15) is 5.26 Å². The Hall–Kier alpha value is -3.77. The topological polar surface area (TPSA) is 82.3 Å². The highest BCUT2D eigenvalue weighted by Crippen LogP contribution is 2.39. The molecular formula is C29H28ClF2N5O2. The highest BCUT2D eigenvalue weighted by atomic mass is 35.5. The molecule has 0 N–H and O–H groups in total. The number of hydrogen-bond acceptors (Lipinski definition) is 6. The number of carbonyl (C=O) groups excluding carboxylic acids is 1. The van der Waals surface area contributed by atoms with Crippen LogP contribution in [0.1, 0.15) is 30.7 Å². The summed E-state index contributed by atoms with van der Waals surface area (Å²) < 4.78 is 33.9. The van der Waals surface area contributed by atoms with E-state index in [1.807, 2.05) is 18.2 Å². The minimum absolute atomic E-state index is 0.0829. The molecule has 2 atom stereocenters. The molecule has 0 radical (unpaired) electrons. The number of pyridine rings is 2. The van der Waals surface area contributed by atoms with Crippen molar-refractivity contribution in [2.75, 3.05) is 37.7 Å². The lowest BCUT2D eigenvalue weighted by Gasteiger charge is -2.44. The number of rotatable bonds is 6. The summed E-state index contributed by atoms with van der Waals surface area (Å²) >= 11 is 5.91. The molecule has 39 heavy (non-hydrogen) atoms. The molecule has 7 nitrogen and oxygen atoms in total. The van der Waals surface area contributed by atoms with Crippen molar-refractivity contribution >= 4 is 23.3 Å². The molecule has 2 aliphatic heterocycles. The minimum Gasteiger partial charge on any atom is -0.477 e. The number of carbonyl (C=O) groups is 1. The fraction of sp³-hybridized carbons (Fsp3) is 0.379. The molecule has 0 bridgehead atoms. The van der Waals surface area contributed by atoms with Crippen LogP contribution in [-0.4, -0.2) is 53.6 Å². The van der Waals surface area contributed by atoms with E-state index in [9.17, 15) is 18.8 Å². The average Bonchev–Trinajstić information content (AvgIpc) is 2.98. The van der Waals surface area contributed by atoms with E-state index in [1.54, 1.807) is 29.3 Å². The van der Waals surface area contributed by atoms with Crippen molar-refractivity contribution in [2.24, 2.45) is 11.3 Å². The number of anilines is 1. The van der Waals surface area contributed by atoms with Crippen molar-refractivity contribution in [2.45, 2.75) is 25.2 Å². The lowest BCUT2D eigenvalue weighted by atomic mass is 9.76. The normalized spacial score (nSPS) is 20.8. The van der Waals surface area contributed by atoms with Gasteiger partial charge in [-0.3, -0.25) is 4.79 Å². The second kappa shape index (κ2) is 11.5. The fourth-order valence-corrected chi connectivity index (χ4v) is 5.59. The minimum atomic E-state index is -1.14. The maximum atomic E-state index is 14.2. The van der Waals surface area contributed by atoms with E-state index in [0.29, 0.717) is 55.4 Å². The Morgan fingerprint density at radius 1 is 1.10 bits per heavy atom. The van der Waals surface area contributed by atoms with Crippen LogP contribution in [0.4, 0.5) is 14.6 Å². The number of ether oxygens (including phenoxy) is 1. The summed E-state index contributed by atoms with van der Waals surface area (Å²) in [7, 11) is 0. The lowest BCUT2D eigenvalue weighted by molar-refractivity contribution is -0.142. The van der Waals surface area contributed by atoms with E-state index in [-0.39, 0.29) is 30.9 Å². The third kappa shape index (κ3) is 5.81. The number of nitrogens with zero attached hydrogens (tertiary/aromatic N) is 5. The number of hydrogen-bond donors (Lipinski definition) is 0. The van der Waals surface area contributed by atoms with Crippen LogP contribution in [-0.2, 0) is 4.79 Å². The second-order valence-electron chi connectivity index (χ2n) is 10.1. The molecule has 5 rings (SSSR count). The van der Waals surface area contributed by atoms with Crippen molar-refractivity contribution in [1.82, 2.24) is 14.9 Å². The summed E-state index contributed by atoms with van der Waals surface area (Å²) in [6.07, 6.45) is 4.57. The zero-order valence-electron chi connectivity index (χ0n) is 21.3. The van der Waals surface area contributed by atoms with E-state index in [2.05, 4.69) is 20.9 Å². The van der Waals surface area contributed by atoms with Gasteiger partial charge in [-0.1, -0.05) is 23.7 Å². The van der Waals surface area contributed by atoms with E-state index >= 15 is 0 Å². The highest BCUT2D eigenvalue weighted by Gasteiger charge is 2.46. The third-order valence-electron chi connectivity index (χ3n) is 7.77. The van der Waals surface area contributed by atoms with Crippen molar-refractivity contribution in [3.8, 4) is 11.9 Å². The van der Waals surface area contributed by atoms with Crippen LogP contribution in [0.3, 0.4) is 0 Å². The van der Waals surface area contributed by atoms with Gasteiger partial charge in [0.05, 0.1) is 17.7 Å². The molecule has 2 saturated heterocycles. The summed E-state index contributed by atoms with van der Waals surface area (Å²) in [6, 6.07) is 15.2. The van der Waals surface area contributed by atoms with Crippen molar-refractivity contribution in [1.29, 1.82) is 5.26 Å². The first-order valence-electron chi connectivity index (χ1n) is 12.9. The first kappa shape index (κ1) is 26.8. The van der Waals surface area contributed by atoms with Crippen LogP contribution >= 0.6 is 11.6 Å². The molecule has 202 valence electrons. The monoisotopic (exact) mass is 551 g/mol. The van der Waals surface area contributed by atoms with Crippen LogP contribution in [0, 0.1) is 34.3 Å². The molecule has 10 heteroatoms. The zero-order valence-corrected chi connectivity index (χ0v) is 22.0. The Morgan fingerprint density at radius 2 is 1.92 bits per heavy atom. The van der Waals surface area contributed by atoms with Gasteiger partial charge < -0.3 is 14.5 Å². The maximum Gasteiger partial charge on any atom is 0.243 e. The van der Waals surface area contributed by atoms with Crippen LogP contribution in [0.5, 0.6) is 5.88 Å². The van der Waals surface area contributed by atoms with Gasteiger partial charge in [0, 0.05) is 56.5 Å². The summed E-state index contributed by atoms with van der Waals surface area (Å²) in [5.41, 5.74) is -0.555. The van der Waals surface area contributed by atoms with Gasteiger partial charge in [0.15, 0.2) is 11.6 Å². The van der Waals surface area contributed by atoms with Gasteiger partial charge in [-0.05, 0) is 55.2 Å². The predicted molar refractivity (Wildman–Crippen MR) is 142 cm³/mol. The molecule has 2 aromatic heterocycles. The Kier molecular flexibility index (Phi) is 7.94. The first-order valence-corrected chi connectivity index (χ1v) is 13.3. The van der Waals surface area contributed by atoms with E-state index < -0.39 is 17.0 Å². The summed E-state index contributed by atoms with van der Waals surface area (Å²) in [5, 5.41) is 10.7. The number of piperidine rings is 2. The lowest BCUT2D eigenvalue weighted by Crippen LogP contribution is -2.53. The van der Waals surface area contributed by atoms with Gasteiger partial charge in [-0.15, -0.1) is 0 Å². The molecule has 2 fully saturated rings. The van der Waals surface area contributed by atoms with Crippen molar-refractivity contribution < 1.29 is 18.3 Å². The molecule has 1 amide bonds. The van der Waals surface area contributed by atoms with Crippen LogP contribution in [0.15, 0.2) is 60.9 Å². The summed E-state index contributed by atoms with van der Waals surface area (Å²) in [5.74, 6) is -1.24. The molecule has 2 unspecified atom stereocenters. The molecule has 3 aromatic rings. The van der Waals surface area contributed by atoms with Gasteiger partial charge in [0.2, 0.25) is 11.8 Å². The number of likely N-dealkylation sites (tertiary alicyclic amines) is 1. The van der Waals surface area contributed by atoms with Crippen LogP contribution < -0.4 is 9.64 Å². The van der Waals surface area contributed by atoms with Gasteiger partial charge in [0.25, 0.3) is 0 Å². The Labute approximate surface area is 231 Å². The molecule has 2 aliphatic rings. The molecule has 4 heterocycles. The molecule has 0 spiro atoms. The number of halogens is 3. The number of aromatic nitrogens is 2. The van der Waals surface area contributed by atoms with Gasteiger partial charge in [-0.25, -0.2) is 18.7 Å². The van der Waals surface area contributed by atoms with E-state index in [0.717, 1.165) is 11.9 Å². The van der Waals surface area contributed by atoms with Crippen LogP contribution in [0.2, 0.25) is 5.02 Å².